The van der Waals surface area contributed by atoms with E-state index in [9.17, 15) is 9.90 Å². The Morgan fingerprint density at radius 3 is 2.48 bits per heavy atom. The molecule has 0 saturated carbocycles. The summed E-state index contributed by atoms with van der Waals surface area (Å²) < 4.78 is 5.34. The first-order chi connectivity index (χ1) is 10.1. The van der Waals surface area contributed by atoms with Crippen LogP contribution in [0.5, 0.6) is 11.5 Å². The highest BCUT2D eigenvalue weighted by Crippen LogP contribution is 2.24. The zero-order valence-corrected chi connectivity index (χ0v) is 12.2. The number of rotatable bonds is 5. The van der Waals surface area contributed by atoms with Crippen molar-refractivity contribution in [1.82, 2.24) is 4.90 Å². The fourth-order valence-corrected chi connectivity index (χ4v) is 1.88. The Bertz CT molecular complexity index is 608. The number of phenolic OH excluding ortho intramolecular Hbond substituents is 1. The largest absolute Gasteiger partial charge is 0.504 e. The van der Waals surface area contributed by atoms with E-state index in [1.807, 2.05) is 31.2 Å². The summed E-state index contributed by atoms with van der Waals surface area (Å²) in [5, 5.41) is 9.57. The summed E-state index contributed by atoms with van der Waals surface area (Å²) in [5.41, 5.74) is 2.26. The van der Waals surface area contributed by atoms with Crippen molar-refractivity contribution in [2.45, 2.75) is 13.5 Å². The molecule has 2 aromatic rings. The number of aromatic hydroxyl groups is 1. The van der Waals surface area contributed by atoms with Crippen LogP contribution in [0.3, 0.4) is 0 Å². The Morgan fingerprint density at radius 1 is 1.14 bits per heavy atom. The summed E-state index contributed by atoms with van der Waals surface area (Å²) in [7, 11) is 1.73. The van der Waals surface area contributed by atoms with Crippen LogP contribution in [0.15, 0.2) is 48.5 Å². The maximum absolute atomic E-state index is 12.0. The van der Waals surface area contributed by atoms with Crippen molar-refractivity contribution in [3.05, 3.63) is 59.7 Å². The van der Waals surface area contributed by atoms with Crippen LogP contribution in [0.1, 0.15) is 11.1 Å². The lowest BCUT2D eigenvalue weighted by molar-refractivity contribution is -0.132. The van der Waals surface area contributed by atoms with Crippen LogP contribution in [0.4, 0.5) is 0 Å². The van der Waals surface area contributed by atoms with Crippen molar-refractivity contribution < 1.29 is 14.6 Å². The Balaban J connectivity index is 1.88. The van der Waals surface area contributed by atoms with Gasteiger partial charge in [0.15, 0.2) is 18.1 Å². The highest BCUT2D eigenvalue weighted by atomic mass is 16.5. The Morgan fingerprint density at radius 2 is 1.81 bits per heavy atom. The Kier molecular flexibility index (Phi) is 4.82. The van der Waals surface area contributed by atoms with Gasteiger partial charge in [-0.25, -0.2) is 0 Å². The maximum Gasteiger partial charge on any atom is 0.260 e. The molecule has 0 aromatic heterocycles. The van der Waals surface area contributed by atoms with Crippen molar-refractivity contribution in [2.24, 2.45) is 0 Å². The van der Waals surface area contributed by atoms with E-state index in [0.29, 0.717) is 12.3 Å². The number of phenols is 1. The van der Waals surface area contributed by atoms with Crippen molar-refractivity contribution in [3.8, 4) is 11.5 Å². The van der Waals surface area contributed by atoms with Crippen LogP contribution in [0.2, 0.25) is 0 Å². The van der Waals surface area contributed by atoms with Crippen LogP contribution in [-0.4, -0.2) is 29.6 Å². The molecule has 1 N–H and O–H groups in total. The third-order valence-corrected chi connectivity index (χ3v) is 3.18. The molecular formula is C17H19NO3. The average Bonchev–Trinajstić information content (AvgIpc) is 2.48. The standard InChI is InChI=1S/C17H19NO3/c1-13-7-9-14(10-8-13)11-18(2)17(20)12-21-16-6-4-3-5-15(16)19/h3-10,19H,11-12H2,1-2H3. The number of hydrogen-bond acceptors (Lipinski definition) is 3. The van der Waals surface area contributed by atoms with Crippen LogP contribution in [0.25, 0.3) is 0 Å². The summed E-state index contributed by atoms with van der Waals surface area (Å²) in [6, 6.07) is 14.6. The number of hydrogen-bond donors (Lipinski definition) is 1. The van der Waals surface area contributed by atoms with Gasteiger partial charge in [-0.1, -0.05) is 42.0 Å². The molecule has 2 aromatic carbocycles. The first-order valence-electron chi connectivity index (χ1n) is 6.76. The van der Waals surface area contributed by atoms with E-state index in [-0.39, 0.29) is 18.3 Å². The lowest BCUT2D eigenvalue weighted by Crippen LogP contribution is -2.30. The second kappa shape index (κ2) is 6.79. The number of aryl methyl sites for hydroxylation is 1. The number of amides is 1. The highest BCUT2D eigenvalue weighted by Gasteiger charge is 2.11. The third-order valence-electron chi connectivity index (χ3n) is 3.18. The molecule has 0 saturated heterocycles. The van der Waals surface area contributed by atoms with Gasteiger partial charge in [0.1, 0.15) is 0 Å². The van der Waals surface area contributed by atoms with E-state index in [1.54, 1.807) is 30.1 Å². The fourth-order valence-electron chi connectivity index (χ4n) is 1.88. The topological polar surface area (TPSA) is 49.8 Å². The quantitative estimate of drug-likeness (QED) is 0.919. The third kappa shape index (κ3) is 4.24. The van der Waals surface area contributed by atoms with E-state index in [1.165, 1.54) is 11.6 Å². The molecule has 0 fully saturated rings. The fraction of sp³-hybridized carbons (Fsp3) is 0.235. The van der Waals surface area contributed by atoms with Gasteiger partial charge in [-0.2, -0.15) is 0 Å². The second-order valence-corrected chi connectivity index (χ2v) is 4.99. The predicted octanol–water partition coefficient (Wildman–Crippen LogP) is 2.74. The number of likely N-dealkylation sites (N-methyl/N-ethyl adjacent to an activating group) is 1. The number of benzene rings is 2. The Labute approximate surface area is 124 Å². The second-order valence-electron chi connectivity index (χ2n) is 4.99. The minimum Gasteiger partial charge on any atom is -0.504 e. The van der Waals surface area contributed by atoms with Crippen LogP contribution < -0.4 is 4.74 Å². The van der Waals surface area contributed by atoms with Gasteiger partial charge in [-0.3, -0.25) is 4.79 Å². The molecule has 2 rings (SSSR count). The summed E-state index contributed by atoms with van der Waals surface area (Å²) in [5.74, 6) is 0.208. The number of carbonyl (C=O) groups is 1. The van der Waals surface area contributed by atoms with E-state index in [0.717, 1.165) is 5.56 Å². The van der Waals surface area contributed by atoms with E-state index in [2.05, 4.69) is 0 Å². The predicted molar refractivity (Wildman–Crippen MR) is 81.3 cm³/mol. The Hall–Kier alpha value is -2.49. The van der Waals surface area contributed by atoms with Gasteiger partial charge in [-0.15, -0.1) is 0 Å². The van der Waals surface area contributed by atoms with Crippen molar-refractivity contribution in [3.63, 3.8) is 0 Å². The van der Waals surface area contributed by atoms with Gasteiger partial charge in [-0.05, 0) is 24.6 Å². The molecule has 0 atom stereocenters. The maximum atomic E-state index is 12.0. The number of nitrogens with zero attached hydrogens (tertiary/aromatic N) is 1. The molecule has 0 heterocycles. The lowest BCUT2D eigenvalue weighted by Gasteiger charge is -2.18. The molecule has 0 unspecified atom stereocenters. The molecule has 4 heteroatoms. The van der Waals surface area contributed by atoms with E-state index >= 15 is 0 Å². The average molecular weight is 285 g/mol. The van der Waals surface area contributed by atoms with Gasteiger partial charge in [0, 0.05) is 13.6 Å². The normalized spacial score (nSPS) is 10.2. The summed E-state index contributed by atoms with van der Waals surface area (Å²) in [6.45, 7) is 2.46. The summed E-state index contributed by atoms with van der Waals surface area (Å²) >= 11 is 0. The molecule has 0 spiro atoms. The number of para-hydroxylation sites is 2. The van der Waals surface area contributed by atoms with Crippen LogP contribution in [-0.2, 0) is 11.3 Å². The molecule has 110 valence electrons. The van der Waals surface area contributed by atoms with Gasteiger partial charge in [0.25, 0.3) is 5.91 Å². The van der Waals surface area contributed by atoms with Crippen molar-refractivity contribution in [1.29, 1.82) is 0 Å². The van der Waals surface area contributed by atoms with Gasteiger partial charge in [0.05, 0.1) is 0 Å². The molecule has 0 bridgehead atoms. The molecule has 0 aliphatic carbocycles. The zero-order valence-electron chi connectivity index (χ0n) is 12.2. The molecule has 4 nitrogen and oxygen atoms in total. The zero-order chi connectivity index (χ0) is 15.2. The molecular weight excluding hydrogens is 266 g/mol. The van der Waals surface area contributed by atoms with Crippen LogP contribution in [0, 0.1) is 6.92 Å². The van der Waals surface area contributed by atoms with E-state index in [4.69, 9.17) is 4.74 Å². The van der Waals surface area contributed by atoms with Gasteiger partial charge < -0.3 is 14.7 Å². The molecule has 0 radical (unpaired) electrons. The molecule has 1 amide bonds. The van der Waals surface area contributed by atoms with Crippen molar-refractivity contribution >= 4 is 5.91 Å². The monoisotopic (exact) mass is 285 g/mol. The first-order valence-corrected chi connectivity index (χ1v) is 6.76. The molecule has 21 heavy (non-hydrogen) atoms. The van der Waals surface area contributed by atoms with Crippen LogP contribution >= 0.6 is 0 Å². The SMILES string of the molecule is Cc1ccc(CN(C)C(=O)COc2ccccc2O)cc1. The lowest BCUT2D eigenvalue weighted by atomic mass is 10.1. The summed E-state index contributed by atoms with van der Waals surface area (Å²) in [4.78, 5) is 13.6. The minimum atomic E-state index is -0.140. The number of ether oxygens (including phenoxy) is 1. The summed E-state index contributed by atoms with van der Waals surface area (Å²) in [6.07, 6.45) is 0. The first kappa shape index (κ1) is 14.9. The van der Waals surface area contributed by atoms with Gasteiger partial charge in [0.2, 0.25) is 0 Å². The van der Waals surface area contributed by atoms with Crippen molar-refractivity contribution in [2.75, 3.05) is 13.7 Å². The number of carbonyl (C=O) groups excluding carboxylic acids is 1. The minimum absolute atomic E-state index is 0.0338. The van der Waals surface area contributed by atoms with Gasteiger partial charge >= 0.3 is 0 Å². The molecule has 0 aliphatic rings. The van der Waals surface area contributed by atoms with E-state index < -0.39 is 0 Å². The molecule has 0 aliphatic heterocycles. The smallest absolute Gasteiger partial charge is 0.260 e. The highest BCUT2D eigenvalue weighted by molar-refractivity contribution is 5.77.